The number of nitrogens with zero attached hydrogens (tertiary/aromatic N) is 2. The van der Waals surface area contributed by atoms with Gasteiger partial charge in [0.05, 0.1) is 11.3 Å². The number of imidazole rings is 1. The van der Waals surface area contributed by atoms with Gasteiger partial charge >= 0.3 is 6.18 Å². The van der Waals surface area contributed by atoms with Gasteiger partial charge in [0.2, 0.25) is 0 Å². The highest BCUT2D eigenvalue weighted by Crippen LogP contribution is 2.31. The molecule has 0 aliphatic rings. The summed E-state index contributed by atoms with van der Waals surface area (Å²) in [4.78, 5) is 4.45. The van der Waals surface area contributed by atoms with Crippen molar-refractivity contribution in [3.05, 3.63) is 77.6 Å². The SMILES string of the molecule is Cc1cn(Cc2ccccc2)c(-c2ccc(C(F)(F)F)cc2)n1. The molecule has 0 amide bonds. The van der Waals surface area contributed by atoms with Crippen LogP contribution in [0.3, 0.4) is 0 Å². The lowest BCUT2D eigenvalue weighted by Gasteiger charge is -2.10. The molecule has 0 atom stereocenters. The molecule has 0 radical (unpaired) electrons. The number of rotatable bonds is 3. The van der Waals surface area contributed by atoms with E-state index in [1.165, 1.54) is 12.1 Å². The van der Waals surface area contributed by atoms with Crippen molar-refractivity contribution >= 4 is 0 Å². The smallest absolute Gasteiger partial charge is 0.326 e. The normalized spacial score (nSPS) is 11.7. The lowest BCUT2D eigenvalue weighted by molar-refractivity contribution is -0.137. The number of aromatic nitrogens is 2. The Balaban J connectivity index is 1.94. The summed E-state index contributed by atoms with van der Waals surface area (Å²) in [6, 6.07) is 15.0. The third-order valence-electron chi connectivity index (χ3n) is 3.56. The maximum absolute atomic E-state index is 12.7. The van der Waals surface area contributed by atoms with E-state index in [4.69, 9.17) is 0 Å². The molecule has 0 saturated carbocycles. The largest absolute Gasteiger partial charge is 0.416 e. The van der Waals surface area contributed by atoms with Crippen LogP contribution in [-0.4, -0.2) is 9.55 Å². The Morgan fingerprint density at radius 2 is 1.61 bits per heavy atom. The van der Waals surface area contributed by atoms with Crippen molar-refractivity contribution in [1.82, 2.24) is 9.55 Å². The highest BCUT2D eigenvalue weighted by molar-refractivity contribution is 5.57. The van der Waals surface area contributed by atoms with Crippen LogP contribution >= 0.6 is 0 Å². The summed E-state index contributed by atoms with van der Waals surface area (Å²) in [5.74, 6) is 0.667. The van der Waals surface area contributed by atoms with Gasteiger partial charge in [-0.1, -0.05) is 42.5 Å². The fourth-order valence-electron chi connectivity index (χ4n) is 2.49. The molecule has 0 bridgehead atoms. The van der Waals surface area contributed by atoms with E-state index in [2.05, 4.69) is 4.98 Å². The highest BCUT2D eigenvalue weighted by atomic mass is 19.4. The van der Waals surface area contributed by atoms with Crippen molar-refractivity contribution in [2.45, 2.75) is 19.6 Å². The summed E-state index contributed by atoms with van der Waals surface area (Å²) in [5.41, 5.74) is 1.95. The molecule has 0 fully saturated rings. The first-order valence-electron chi connectivity index (χ1n) is 7.19. The van der Waals surface area contributed by atoms with Crippen molar-refractivity contribution < 1.29 is 13.2 Å². The number of halogens is 3. The molecule has 5 heteroatoms. The van der Waals surface area contributed by atoms with Gasteiger partial charge in [0, 0.05) is 18.3 Å². The summed E-state index contributed by atoms with van der Waals surface area (Å²) in [5, 5.41) is 0. The van der Waals surface area contributed by atoms with E-state index >= 15 is 0 Å². The Bertz CT molecular complexity index is 787. The highest BCUT2D eigenvalue weighted by Gasteiger charge is 2.30. The van der Waals surface area contributed by atoms with E-state index in [1.54, 1.807) is 0 Å². The van der Waals surface area contributed by atoms with Crippen LogP contribution in [0.2, 0.25) is 0 Å². The van der Waals surface area contributed by atoms with Crippen molar-refractivity contribution in [3.63, 3.8) is 0 Å². The monoisotopic (exact) mass is 316 g/mol. The van der Waals surface area contributed by atoms with E-state index < -0.39 is 11.7 Å². The van der Waals surface area contributed by atoms with Gasteiger partial charge in [-0.05, 0) is 24.6 Å². The second-order valence-electron chi connectivity index (χ2n) is 5.39. The zero-order chi connectivity index (χ0) is 16.4. The van der Waals surface area contributed by atoms with Crippen molar-refractivity contribution in [1.29, 1.82) is 0 Å². The first-order valence-corrected chi connectivity index (χ1v) is 7.19. The fourth-order valence-corrected chi connectivity index (χ4v) is 2.49. The standard InChI is InChI=1S/C18H15F3N2/c1-13-11-23(12-14-5-3-2-4-6-14)17(22-13)15-7-9-16(10-8-15)18(19,20)21/h2-11H,12H2,1H3. The molecule has 23 heavy (non-hydrogen) atoms. The van der Waals surface area contributed by atoms with Crippen LogP contribution in [-0.2, 0) is 12.7 Å². The quantitative estimate of drug-likeness (QED) is 0.670. The minimum absolute atomic E-state index is 0.623. The van der Waals surface area contributed by atoms with Gasteiger partial charge in [-0.3, -0.25) is 0 Å². The Morgan fingerprint density at radius 3 is 2.22 bits per heavy atom. The van der Waals surface area contributed by atoms with Gasteiger partial charge in [0.25, 0.3) is 0 Å². The van der Waals surface area contributed by atoms with E-state index in [0.29, 0.717) is 17.9 Å². The summed E-state index contributed by atoms with van der Waals surface area (Å²) >= 11 is 0. The van der Waals surface area contributed by atoms with Crippen LogP contribution in [0.1, 0.15) is 16.8 Å². The summed E-state index contributed by atoms with van der Waals surface area (Å²) in [6.45, 7) is 2.49. The van der Waals surface area contributed by atoms with Gasteiger partial charge in [-0.2, -0.15) is 13.2 Å². The van der Waals surface area contributed by atoms with E-state index in [9.17, 15) is 13.2 Å². The van der Waals surface area contributed by atoms with Gasteiger partial charge in [0.1, 0.15) is 5.82 Å². The Kier molecular flexibility index (Phi) is 3.94. The first kappa shape index (κ1) is 15.3. The molecular weight excluding hydrogens is 301 g/mol. The maximum Gasteiger partial charge on any atom is 0.416 e. The topological polar surface area (TPSA) is 17.8 Å². The summed E-state index contributed by atoms with van der Waals surface area (Å²) in [6.07, 6.45) is -2.42. The van der Waals surface area contributed by atoms with Gasteiger partial charge in [-0.25, -0.2) is 4.98 Å². The molecule has 1 heterocycles. The molecule has 2 aromatic carbocycles. The molecule has 0 spiro atoms. The second kappa shape index (κ2) is 5.91. The molecule has 0 N–H and O–H groups in total. The number of alkyl halides is 3. The molecule has 0 aliphatic heterocycles. The molecule has 118 valence electrons. The van der Waals surface area contributed by atoms with Crippen molar-refractivity contribution in [2.24, 2.45) is 0 Å². The lowest BCUT2D eigenvalue weighted by Crippen LogP contribution is -2.05. The zero-order valence-electron chi connectivity index (χ0n) is 12.5. The predicted molar refractivity (Wildman–Crippen MR) is 82.9 cm³/mol. The molecule has 2 nitrogen and oxygen atoms in total. The molecule has 3 rings (SSSR count). The molecule has 0 unspecified atom stereocenters. The molecular formula is C18H15F3N2. The second-order valence-corrected chi connectivity index (χ2v) is 5.39. The van der Waals surface area contributed by atoms with Crippen LogP contribution in [0.15, 0.2) is 60.8 Å². The number of aryl methyl sites for hydroxylation is 1. The van der Waals surface area contributed by atoms with Gasteiger partial charge < -0.3 is 4.57 Å². The minimum atomic E-state index is -4.33. The minimum Gasteiger partial charge on any atom is -0.326 e. The van der Waals surface area contributed by atoms with Crippen molar-refractivity contribution in [2.75, 3.05) is 0 Å². The summed E-state index contributed by atoms with van der Waals surface area (Å²) < 4.78 is 40.0. The molecule has 0 aliphatic carbocycles. The lowest BCUT2D eigenvalue weighted by atomic mass is 10.1. The average molecular weight is 316 g/mol. The van der Waals surface area contributed by atoms with Gasteiger partial charge in [-0.15, -0.1) is 0 Å². The third-order valence-corrected chi connectivity index (χ3v) is 3.56. The average Bonchev–Trinajstić information content (AvgIpc) is 2.88. The van der Waals surface area contributed by atoms with Crippen LogP contribution in [0, 0.1) is 6.92 Å². The Hall–Kier alpha value is -2.56. The van der Waals surface area contributed by atoms with Crippen molar-refractivity contribution in [3.8, 4) is 11.4 Å². The van der Waals surface area contributed by atoms with E-state index in [-0.39, 0.29) is 0 Å². The van der Waals surface area contributed by atoms with Crippen LogP contribution in [0.4, 0.5) is 13.2 Å². The first-order chi connectivity index (χ1) is 10.9. The molecule has 0 saturated heterocycles. The molecule has 1 aromatic heterocycles. The van der Waals surface area contributed by atoms with Gasteiger partial charge in [0.15, 0.2) is 0 Å². The molecule has 3 aromatic rings. The van der Waals surface area contributed by atoms with E-state index in [0.717, 1.165) is 23.4 Å². The zero-order valence-corrected chi connectivity index (χ0v) is 12.5. The van der Waals surface area contributed by atoms with Crippen LogP contribution in [0.5, 0.6) is 0 Å². The number of hydrogen-bond acceptors (Lipinski definition) is 1. The fraction of sp³-hybridized carbons (Fsp3) is 0.167. The van der Waals surface area contributed by atoms with Crippen LogP contribution in [0.25, 0.3) is 11.4 Å². The number of hydrogen-bond donors (Lipinski definition) is 0. The Morgan fingerprint density at radius 1 is 0.957 bits per heavy atom. The number of benzene rings is 2. The predicted octanol–water partition coefficient (Wildman–Crippen LogP) is 4.93. The summed E-state index contributed by atoms with van der Waals surface area (Å²) in [7, 11) is 0. The Labute approximate surface area is 132 Å². The van der Waals surface area contributed by atoms with E-state index in [1.807, 2.05) is 48.0 Å². The maximum atomic E-state index is 12.7. The third kappa shape index (κ3) is 3.44. The van der Waals surface area contributed by atoms with Crippen LogP contribution < -0.4 is 0 Å².